The van der Waals surface area contributed by atoms with E-state index in [-0.39, 0.29) is 5.91 Å². The molecule has 0 spiro atoms. The molecule has 28 heavy (non-hydrogen) atoms. The van der Waals surface area contributed by atoms with E-state index in [0.717, 1.165) is 57.1 Å². The molecular formula is C22H29N5O. The fraction of sp³-hybridized carbons (Fsp3) is 0.545. The summed E-state index contributed by atoms with van der Waals surface area (Å²) < 4.78 is 0. The molecule has 1 aliphatic heterocycles. The van der Waals surface area contributed by atoms with Crippen LogP contribution in [0.2, 0.25) is 0 Å². The maximum atomic E-state index is 12.8. The van der Waals surface area contributed by atoms with Crippen molar-refractivity contribution in [3.63, 3.8) is 0 Å². The van der Waals surface area contributed by atoms with Crippen LogP contribution in [0, 0.1) is 11.3 Å². The molecule has 1 aromatic carbocycles. The molecule has 6 heteroatoms. The summed E-state index contributed by atoms with van der Waals surface area (Å²) in [7, 11) is 0. The van der Waals surface area contributed by atoms with Crippen LogP contribution in [0.1, 0.15) is 63.5 Å². The van der Waals surface area contributed by atoms with Gasteiger partial charge in [-0.05, 0) is 37.8 Å². The first-order valence-electron chi connectivity index (χ1n) is 10.4. The van der Waals surface area contributed by atoms with E-state index >= 15 is 0 Å². The number of nitriles is 1. The van der Waals surface area contributed by atoms with Gasteiger partial charge in [0.1, 0.15) is 5.69 Å². The molecule has 0 saturated carbocycles. The normalized spacial score (nSPS) is 15.2. The average Bonchev–Trinajstić information content (AvgIpc) is 2.74. The van der Waals surface area contributed by atoms with Gasteiger partial charge in [-0.2, -0.15) is 5.26 Å². The highest BCUT2D eigenvalue weighted by atomic mass is 16.1. The largest absolute Gasteiger partial charge is 0.355 e. The smallest absolute Gasteiger partial charge is 0.243 e. The molecule has 1 aromatic heterocycles. The van der Waals surface area contributed by atoms with Gasteiger partial charge in [0.2, 0.25) is 5.91 Å². The summed E-state index contributed by atoms with van der Waals surface area (Å²) in [6.07, 6.45) is 7.71. The molecular weight excluding hydrogens is 350 g/mol. The van der Waals surface area contributed by atoms with E-state index in [0.29, 0.717) is 23.6 Å². The molecule has 2 aromatic rings. The fourth-order valence-corrected chi connectivity index (χ4v) is 3.65. The number of nitrogens with one attached hydrogen (secondary N) is 1. The highest BCUT2D eigenvalue weighted by molar-refractivity contribution is 5.88. The first-order chi connectivity index (χ1) is 13.7. The Labute approximate surface area is 167 Å². The molecule has 1 saturated heterocycles. The number of amides is 1. The zero-order valence-corrected chi connectivity index (χ0v) is 16.7. The summed E-state index contributed by atoms with van der Waals surface area (Å²) in [6, 6.07) is 9.81. The van der Waals surface area contributed by atoms with Crippen LogP contribution >= 0.6 is 0 Å². The Morgan fingerprint density at radius 1 is 1.14 bits per heavy atom. The maximum Gasteiger partial charge on any atom is 0.243 e. The van der Waals surface area contributed by atoms with Crippen LogP contribution in [0.3, 0.4) is 0 Å². The average molecular weight is 380 g/mol. The van der Waals surface area contributed by atoms with Crippen LogP contribution in [-0.2, 0) is 4.79 Å². The molecule has 0 aliphatic carbocycles. The van der Waals surface area contributed by atoms with Crippen LogP contribution < -0.4 is 10.2 Å². The second kappa shape index (κ2) is 10.0. The minimum Gasteiger partial charge on any atom is -0.355 e. The molecule has 1 atom stereocenters. The molecule has 1 N–H and O–H groups in total. The molecule has 6 nitrogen and oxygen atoms in total. The summed E-state index contributed by atoms with van der Waals surface area (Å²) in [5.74, 6) is -0.534. The van der Waals surface area contributed by atoms with Crippen molar-refractivity contribution in [2.75, 3.05) is 24.5 Å². The predicted octanol–water partition coefficient (Wildman–Crippen LogP) is 3.92. The standard InChI is InChI=1S/C22H29N5O/c1-2-3-4-8-13-24-22(28)17(16-23)20-21(27-14-9-5-10-15-27)26-19-12-7-6-11-18(19)25-20/h6-7,11-12,17H,2-5,8-10,13-15H2,1H3,(H,24,28)/t17-/m0/s1. The first kappa shape index (κ1) is 20.1. The summed E-state index contributed by atoms with van der Waals surface area (Å²) in [6.45, 7) is 4.52. The number of unbranched alkanes of at least 4 members (excludes halogenated alkanes) is 3. The Bertz CT molecular complexity index is 838. The van der Waals surface area contributed by atoms with Crippen molar-refractivity contribution in [2.45, 2.75) is 57.8 Å². The van der Waals surface area contributed by atoms with Crippen LogP contribution in [0.5, 0.6) is 0 Å². The van der Waals surface area contributed by atoms with Crippen LogP contribution in [0.4, 0.5) is 5.82 Å². The number of carbonyl (C=O) groups excluding carboxylic acids is 1. The maximum absolute atomic E-state index is 12.8. The summed E-state index contributed by atoms with van der Waals surface area (Å²) in [4.78, 5) is 24.5. The molecule has 1 aliphatic rings. The second-order valence-corrected chi connectivity index (χ2v) is 7.38. The zero-order valence-electron chi connectivity index (χ0n) is 16.7. The Morgan fingerprint density at radius 2 is 1.86 bits per heavy atom. The lowest BCUT2D eigenvalue weighted by Gasteiger charge is -2.29. The molecule has 2 heterocycles. The number of fused-ring (bicyclic) bond motifs is 1. The van der Waals surface area contributed by atoms with Gasteiger partial charge < -0.3 is 10.2 Å². The van der Waals surface area contributed by atoms with Crippen LogP contribution in [0.15, 0.2) is 24.3 Å². The van der Waals surface area contributed by atoms with Gasteiger partial charge in [-0.3, -0.25) is 4.79 Å². The van der Waals surface area contributed by atoms with E-state index in [9.17, 15) is 10.1 Å². The van der Waals surface area contributed by atoms with E-state index in [4.69, 9.17) is 9.97 Å². The lowest BCUT2D eigenvalue weighted by Crippen LogP contribution is -2.34. The number of para-hydroxylation sites is 2. The molecule has 1 fully saturated rings. The quantitative estimate of drug-likeness (QED) is 0.703. The fourth-order valence-electron chi connectivity index (χ4n) is 3.65. The molecule has 148 valence electrons. The Kier molecular flexibility index (Phi) is 7.18. The van der Waals surface area contributed by atoms with E-state index < -0.39 is 5.92 Å². The summed E-state index contributed by atoms with van der Waals surface area (Å²) in [5.41, 5.74) is 1.99. The van der Waals surface area contributed by atoms with Crippen LogP contribution in [0.25, 0.3) is 11.0 Å². The number of nitrogens with zero attached hydrogens (tertiary/aromatic N) is 4. The third-order valence-corrected chi connectivity index (χ3v) is 5.23. The third kappa shape index (κ3) is 4.78. The molecule has 3 rings (SSSR count). The number of hydrogen-bond acceptors (Lipinski definition) is 5. The van der Waals surface area contributed by atoms with E-state index in [1.165, 1.54) is 6.42 Å². The number of benzene rings is 1. The third-order valence-electron chi connectivity index (χ3n) is 5.23. The molecule has 0 unspecified atom stereocenters. The topological polar surface area (TPSA) is 81.9 Å². The van der Waals surface area contributed by atoms with Gasteiger partial charge in [-0.15, -0.1) is 0 Å². The van der Waals surface area contributed by atoms with Gasteiger partial charge in [0.05, 0.1) is 17.1 Å². The summed E-state index contributed by atoms with van der Waals surface area (Å²) in [5, 5.41) is 12.7. The lowest BCUT2D eigenvalue weighted by atomic mass is 10.0. The highest BCUT2D eigenvalue weighted by Gasteiger charge is 2.29. The number of rotatable bonds is 8. The van der Waals surface area contributed by atoms with Crippen molar-refractivity contribution < 1.29 is 4.79 Å². The number of piperidine rings is 1. The highest BCUT2D eigenvalue weighted by Crippen LogP contribution is 2.29. The number of hydrogen-bond donors (Lipinski definition) is 1. The monoisotopic (exact) mass is 379 g/mol. The Balaban J connectivity index is 1.87. The van der Waals surface area contributed by atoms with E-state index in [1.807, 2.05) is 24.3 Å². The van der Waals surface area contributed by atoms with E-state index in [2.05, 4.69) is 23.2 Å². The van der Waals surface area contributed by atoms with Gasteiger partial charge in [-0.1, -0.05) is 38.3 Å². The van der Waals surface area contributed by atoms with Gasteiger partial charge in [0.15, 0.2) is 11.7 Å². The molecule has 0 bridgehead atoms. The van der Waals surface area contributed by atoms with Gasteiger partial charge in [0, 0.05) is 19.6 Å². The van der Waals surface area contributed by atoms with Gasteiger partial charge in [0.25, 0.3) is 0 Å². The van der Waals surface area contributed by atoms with Gasteiger partial charge in [-0.25, -0.2) is 9.97 Å². The van der Waals surface area contributed by atoms with Crippen molar-refractivity contribution in [1.82, 2.24) is 15.3 Å². The van der Waals surface area contributed by atoms with Crippen molar-refractivity contribution in [3.8, 4) is 6.07 Å². The number of anilines is 1. The van der Waals surface area contributed by atoms with E-state index in [1.54, 1.807) is 0 Å². The minimum absolute atomic E-state index is 0.276. The Hall–Kier alpha value is -2.68. The molecule has 0 radical (unpaired) electrons. The predicted molar refractivity (Wildman–Crippen MR) is 111 cm³/mol. The SMILES string of the molecule is CCCCCCNC(=O)[C@@H](C#N)c1nc2ccccc2nc1N1CCCCC1. The van der Waals surface area contributed by atoms with Crippen molar-refractivity contribution in [1.29, 1.82) is 5.26 Å². The van der Waals surface area contributed by atoms with Crippen molar-refractivity contribution in [2.24, 2.45) is 0 Å². The van der Waals surface area contributed by atoms with Gasteiger partial charge >= 0.3 is 0 Å². The number of aromatic nitrogens is 2. The molecule has 1 amide bonds. The van der Waals surface area contributed by atoms with Crippen LogP contribution in [-0.4, -0.2) is 35.5 Å². The minimum atomic E-state index is -0.944. The second-order valence-electron chi connectivity index (χ2n) is 7.38. The zero-order chi connectivity index (χ0) is 19.8. The first-order valence-corrected chi connectivity index (χ1v) is 10.4. The number of carbonyl (C=O) groups is 1. The lowest BCUT2D eigenvalue weighted by molar-refractivity contribution is -0.121. The summed E-state index contributed by atoms with van der Waals surface area (Å²) >= 11 is 0. The van der Waals surface area contributed by atoms with Crippen molar-refractivity contribution >= 4 is 22.8 Å². The Morgan fingerprint density at radius 3 is 2.54 bits per heavy atom. The van der Waals surface area contributed by atoms with Crippen molar-refractivity contribution in [3.05, 3.63) is 30.0 Å².